The summed E-state index contributed by atoms with van der Waals surface area (Å²) in [6.45, 7) is 8.32. The number of hydrogen-bond donors (Lipinski definition) is 1. The summed E-state index contributed by atoms with van der Waals surface area (Å²) in [5.41, 5.74) is 1.83. The molecule has 0 aliphatic carbocycles. The van der Waals surface area contributed by atoms with E-state index in [-0.39, 0.29) is 16.7 Å². The minimum atomic E-state index is -0.971. The summed E-state index contributed by atoms with van der Waals surface area (Å²) in [4.78, 5) is 28.7. The van der Waals surface area contributed by atoms with Crippen LogP contribution in [0, 0.1) is 0 Å². The van der Waals surface area contributed by atoms with Gasteiger partial charge in [0, 0.05) is 11.1 Å². The number of hydrogen-bond acceptors (Lipinski definition) is 7. The van der Waals surface area contributed by atoms with Crippen LogP contribution in [0.1, 0.15) is 50.4 Å². The van der Waals surface area contributed by atoms with Crippen LogP contribution in [0.4, 0.5) is 5.69 Å². The third kappa shape index (κ3) is 5.09. The molecule has 0 radical (unpaired) electrons. The van der Waals surface area contributed by atoms with Crippen molar-refractivity contribution in [3.63, 3.8) is 0 Å². The molecule has 1 unspecified atom stereocenters. The van der Waals surface area contributed by atoms with E-state index in [4.69, 9.17) is 18.9 Å². The second-order valence-electron chi connectivity index (χ2n) is 10.3. The first-order valence-electron chi connectivity index (χ1n) is 13.0. The highest BCUT2D eigenvalue weighted by molar-refractivity contribution is 6.52. The molecule has 8 nitrogen and oxygen atoms in total. The van der Waals surface area contributed by atoms with Crippen molar-refractivity contribution in [2.24, 2.45) is 0 Å². The first kappa shape index (κ1) is 28.5. The van der Waals surface area contributed by atoms with Gasteiger partial charge in [-0.2, -0.15) is 0 Å². The fourth-order valence-corrected chi connectivity index (χ4v) is 4.95. The number of benzene rings is 3. The lowest BCUT2D eigenvalue weighted by Gasteiger charge is -2.27. The van der Waals surface area contributed by atoms with Crippen LogP contribution in [0.3, 0.4) is 0 Å². The van der Waals surface area contributed by atoms with Gasteiger partial charge in [-0.15, -0.1) is 0 Å². The maximum Gasteiger partial charge on any atom is 0.300 e. The van der Waals surface area contributed by atoms with Crippen molar-refractivity contribution >= 4 is 23.1 Å². The summed E-state index contributed by atoms with van der Waals surface area (Å²) in [5, 5.41) is 11.7. The van der Waals surface area contributed by atoms with Crippen LogP contribution in [0.15, 0.2) is 66.2 Å². The third-order valence-corrected chi connectivity index (χ3v) is 6.87. The van der Waals surface area contributed by atoms with E-state index in [1.54, 1.807) is 67.8 Å². The van der Waals surface area contributed by atoms with Gasteiger partial charge in [0.25, 0.3) is 11.7 Å². The van der Waals surface area contributed by atoms with Crippen LogP contribution in [-0.2, 0) is 15.0 Å². The van der Waals surface area contributed by atoms with E-state index in [1.165, 1.54) is 19.1 Å². The Morgan fingerprint density at radius 2 is 1.50 bits per heavy atom. The molecule has 210 valence electrons. The summed E-state index contributed by atoms with van der Waals surface area (Å²) < 4.78 is 22.3. The largest absolute Gasteiger partial charge is 0.507 e. The monoisotopic (exact) mass is 545 g/mol. The van der Waals surface area contributed by atoms with Gasteiger partial charge in [-0.05, 0) is 60.4 Å². The molecule has 1 heterocycles. The number of Topliss-reactive ketones (excluding diaryl/α,β-unsaturated/α-hetero) is 1. The molecule has 8 heteroatoms. The molecular weight excluding hydrogens is 510 g/mol. The summed E-state index contributed by atoms with van der Waals surface area (Å²) in [7, 11) is 4.62. The number of anilines is 1. The molecule has 40 heavy (non-hydrogen) atoms. The number of ketones is 1. The number of aliphatic hydroxyl groups is 1. The van der Waals surface area contributed by atoms with E-state index in [0.717, 1.165) is 5.56 Å². The maximum absolute atomic E-state index is 13.7. The number of carbonyl (C=O) groups excluding carboxylic acids is 2. The summed E-state index contributed by atoms with van der Waals surface area (Å²) in [5.74, 6) is 0.142. The number of nitrogens with zero attached hydrogens (tertiary/aromatic N) is 1. The van der Waals surface area contributed by atoms with E-state index >= 15 is 0 Å². The van der Waals surface area contributed by atoms with Gasteiger partial charge in [-0.3, -0.25) is 14.5 Å². The van der Waals surface area contributed by atoms with Crippen molar-refractivity contribution in [2.75, 3.05) is 32.8 Å². The lowest BCUT2D eigenvalue weighted by molar-refractivity contribution is -0.132. The normalized spacial score (nSPS) is 16.7. The Bertz CT molecular complexity index is 1470. The van der Waals surface area contributed by atoms with Crippen molar-refractivity contribution in [1.29, 1.82) is 0 Å². The van der Waals surface area contributed by atoms with Crippen LogP contribution in [-0.4, -0.2) is 44.7 Å². The predicted molar refractivity (Wildman–Crippen MR) is 154 cm³/mol. The number of rotatable bonds is 8. The third-order valence-electron chi connectivity index (χ3n) is 6.87. The fraction of sp³-hybridized carbons (Fsp3) is 0.312. The average molecular weight is 546 g/mol. The summed E-state index contributed by atoms with van der Waals surface area (Å²) in [6.07, 6.45) is 0. The van der Waals surface area contributed by atoms with E-state index in [0.29, 0.717) is 46.4 Å². The molecule has 4 rings (SSSR count). The first-order chi connectivity index (χ1) is 19.1. The van der Waals surface area contributed by atoms with E-state index in [1.807, 2.05) is 27.7 Å². The second-order valence-corrected chi connectivity index (χ2v) is 10.3. The molecule has 1 fully saturated rings. The number of para-hydroxylation sites is 2. The zero-order chi connectivity index (χ0) is 29.2. The Morgan fingerprint density at radius 1 is 0.850 bits per heavy atom. The van der Waals surface area contributed by atoms with E-state index in [9.17, 15) is 14.7 Å². The molecule has 3 aromatic rings. The number of carbonyl (C=O) groups is 2. The van der Waals surface area contributed by atoms with Gasteiger partial charge >= 0.3 is 0 Å². The fourth-order valence-electron chi connectivity index (χ4n) is 4.95. The molecule has 1 aliphatic heterocycles. The Labute approximate surface area is 234 Å². The number of amides is 1. The zero-order valence-corrected chi connectivity index (χ0v) is 23.9. The van der Waals surface area contributed by atoms with Crippen LogP contribution in [0.25, 0.3) is 5.76 Å². The van der Waals surface area contributed by atoms with Crippen molar-refractivity contribution in [2.45, 2.75) is 39.2 Å². The molecule has 1 N–H and O–H groups in total. The van der Waals surface area contributed by atoms with Crippen LogP contribution < -0.4 is 23.8 Å². The SMILES string of the molecule is CCOc1cc(C2/C(=C(\O)c3ccc(OC)c(C(C)(C)C)c3)C(=O)C(=O)N2c2ccccc2OC)ccc1OC. The highest BCUT2D eigenvalue weighted by atomic mass is 16.5. The first-order valence-corrected chi connectivity index (χ1v) is 13.0. The Morgan fingerprint density at radius 3 is 2.12 bits per heavy atom. The number of aliphatic hydroxyl groups excluding tert-OH is 1. The molecule has 3 aromatic carbocycles. The summed E-state index contributed by atoms with van der Waals surface area (Å²) in [6, 6.07) is 16.4. The molecular formula is C32H35NO7. The van der Waals surface area contributed by atoms with Crippen molar-refractivity contribution in [1.82, 2.24) is 0 Å². The van der Waals surface area contributed by atoms with Gasteiger partial charge in [0.15, 0.2) is 11.5 Å². The highest BCUT2D eigenvalue weighted by Crippen LogP contribution is 2.47. The number of methoxy groups -OCH3 is 3. The van der Waals surface area contributed by atoms with Gasteiger partial charge in [0.05, 0.1) is 45.2 Å². The quantitative estimate of drug-likeness (QED) is 0.210. The van der Waals surface area contributed by atoms with Gasteiger partial charge in [0.2, 0.25) is 0 Å². The Balaban J connectivity index is 2.01. The summed E-state index contributed by atoms with van der Waals surface area (Å²) >= 11 is 0. The molecule has 0 bridgehead atoms. The van der Waals surface area contributed by atoms with Gasteiger partial charge in [-0.1, -0.05) is 39.0 Å². The second kappa shape index (κ2) is 11.3. The van der Waals surface area contributed by atoms with Crippen molar-refractivity contribution < 1.29 is 33.6 Å². The van der Waals surface area contributed by atoms with Crippen molar-refractivity contribution in [3.8, 4) is 23.0 Å². The maximum atomic E-state index is 13.7. The molecule has 0 saturated carbocycles. The number of ether oxygens (including phenoxy) is 4. The lowest BCUT2D eigenvalue weighted by atomic mass is 9.84. The molecule has 1 amide bonds. The topological polar surface area (TPSA) is 94.5 Å². The predicted octanol–water partition coefficient (Wildman–Crippen LogP) is 6.03. The van der Waals surface area contributed by atoms with Gasteiger partial charge in [0.1, 0.15) is 17.3 Å². The van der Waals surface area contributed by atoms with Crippen LogP contribution >= 0.6 is 0 Å². The molecule has 0 aromatic heterocycles. The van der Waals surface area contributed by atoms with Gasteiger partial charge in [-0.25, -0.2) is 0 Å². The minimum Gasteiger partial charge on any atom is -0.507 e. The highest BCUT2D eigenvalue weighted by Gasteiger charge is 2.48. The van der Waals surface area contributed by atoms with Gasteiger partial charge < -0.3 is 24.1 Å². The minimum absolute atomic E-state index is 0.0476. The van der Waals surface area contributed by atoms with E-state index in [2.05, 4.69) is 0 Å². The van der Waals surface area contributed by atoms with Crippen molar-refractivity contribution in [3.05, 3.63) is 82.9 Å². The van der Waals surface area contributed by atoms with Crippen LogP contribution in [0.2, 0.25) is 0 Å². The molecule has 1 atom stereocenters. The molecule has 1 aliphatic rings. The van der Waals surface area contributed by atoms with Crippen LogP contribution in [0.5, 0.6) is 23.0 Å². The smallest absolute Gasteiger partial charge is 0.300 e. The molecule has 0 spiro atoms. The molecule has 1 saturated heterocycles. The zero-order valence-electron chi connectivity index (χ0n) is 23.9. The Hall–Kier alpha value is -4.46. The lowest BCUT2D eigenvalue weighted by Crippen LogP contribution is -2.29. The average Bonchev–Trinajstić information content (AvgIpc) is 3.21. The standard InChI is InChI=1S/C32H35NO7/c1-8-40-26-18-19(13-16-25(26)39-7)28-27(29(34)20-14-15-23(37-5)21(17-20)32(2,3)4)30(35)31(36)33(28)22-11-9-10-12-24(22)38-6/h9-18,28,34H,8H2,1-7H3/b29-27+. The Kier molecular flexibility index (Phi) is 8.09. The van der Waals surface area contributed by atoms with E-state index < -0.39 is 17.7 Å².